The van der Waals surface area contributed by atoms with Gasteiger partial charge in [-0.25, -0.2) is 4.79 Å². The van der Waals surface area contributed by atoms with Gasteiger partial charge in [-0.1, -0.05) is 58.6 Å². The maximum Gasteiger partial charge on any atom is 0.334 e. The first kappa shape index (κ1) is 42.1. The minimum atomic E-state index is -0.973. The summed E-state index contributed by atoms with van der Waals surface area (Å²) >= 11 is 0. The predicted octanol–water partition coefficient (Wildman–Crippen LogP) is 5.36. The second-order valence-corrected chi connectivity index (χ2v) is 21.8. The van der Waals surface area contributed by atoms with Crippen LogP contribution in [0.15, 0.2) is 23.3 Å². The van der Waals surface area contributed by atoms with Crippen LogP contribution in [0.5, 0.6) is 0 Å². The molecule has 0 aromatic rings. The lowest BCUT2D eigenvalue weighted by molar-refractivity contribution is -0.230. The number of amides is 1. The summed E-state index contributed by atoms with van der Waals surface area (Å²) in [4.78, 5) is 44.2. The Hall–Kier alpha value is -1.61. The number of aliphatic hydroxyl groups is 1. The van der Waals surface area contributed by atoms with Gasteiger partial charge in [0.2, 0.25) is 5.91 Å². The smallest absolute Gasteiger partial charge is 0.334 e. The maximum absolute atomic E-state index is 14.3. The van der Waals surface area contributed by atoms with E-state index in [0.29, 0.717) is 50.1 Å². The summed E-state index contributed by atoms with van der Waals surface area (Å²) in [5, 5.41) is 17.1. The van der Waals surface area contributed by atoms with E-state index >= 15 is 0 Å². The van der Waals surface area contributed by atoms with E-state index in [2.05, 4.69) is 28.5 Å². The number of carbonyl (C=O) groups is 3. The zero-order valence-corrected chi connectivity index (χ0v) is 36.3. The Bertz CT molecular complexity index is 1580. The molecule has 5 N–H and O–H groups in total. The first-order chi connectivity index (χ1) is 27.4. The Labute approximate surface area is 347 Å². The molecule has 1 spiro atoms. The lowest BCUT2D eigenvalue weighted by atomic mass is 9.55. The number of rotatable bonds is 7. The molecule has 0 bridgehead atoms. The molecule has 318 valence electrons. The summed E-state index contributed by atoms with van der Waals surface area (Å²) in [5.41, 5.74) is 6.67. The van der Waals surface area contributed by atoms with Crippen LogP contribution in [0.25, 0.3) is 0 Å². The second-order valence-electron chi connectivity index (χ2n) is 19.3. The minimum Gasteiger partial charge on any atom is -0.462 e. The lowest BCUT2D eigenvalue weighted by Crippen LogP contribution is -2.66. The number of nitrogens with one attached hydrogen (secondary N) is 2. The normalized spacial score (nSPS) is 43.4. The molecular formula is C44H68N4O7S2. The molecule has 8 unspecified atom stereocenters. The first-order valence-corrected chi connectivity index (χ1v) is 24.7. The Morgan fingerprint density at radius 3 is 2.68 bits per heavy atom. The van der Waals surface area contributed by atoms with Gasteiger partial charge >= 0.3 is 11.9 Å². The Morgan fingerprint density at radius 1 is 1.12 bits per heavy atom. The minimum absolute atomic E-state index is 0.0322. The molecule has 13 heteroatoms. The van der Waals surface area contributed by atoms with Gasteiger partial charge in [0.05, 0.1) is 18.2 Å². The largest absolute Gasteiger partial charge is 0.462 e. The quantitative estimate of drug-likeness (QED) is 0.113. The molecule has 57 heavy (non-hydrogen) atoms. The van der Waals surface area contributed by atoms with Crippen LogP contribution in [-0.4, -0.2) is 108 Å². The topological polar surface area (TPSA) is 152 Å². The molecule has 2 saturated carbocycles. The second kappa shape index (κ2) is 17.0. The third-order valence-corrected chi connectivity index (χ3v) is 18.7. The summed E-state index contributed by atoms with van der Waals surface area (Å²) in [7, 11) is 5.73. The zero-order chi connectivity index (χ0) is 40.1. The van der Waals surface area contributed by atoms with Gasteiger partial charge in [0, 0.05) is 80.5 Å². The standard InChI is InChI=1S/C44H68N4O7S2/c1-5-26(2)40(51)55-42(3)12-9-27-24-56-57-25-34-31(21-46-4)23-48(34)38(50)17-30-22-47-37(45)18-32(30)39(27)44(42)20-29-15-28-16-33(41(52)53-35(28)19-36(29)54-44)43(13-14-49)10-7-6-8-11-43/h5,9,28-37,39,46-47,49H,6-8,10-25,45H2,1-4H3/t28?,29?,30?,31-,32?,33?,34-,35?,36?,37?,39-,42-,44-/m0/s1. The molecular weight excluding hydrogens is 761 g/mol. The highest BCUT2D eigenvalue weighted by molar-refractivity contribution is 8.76. The molecule has 8 aliphatic rings. The number of ether oxygens (including phenoxy) is 3. The monoisotopic (exact) mass is 828 g/mol. The van der Waals surface area contributed by atoms with Gasteiger partial charge in [0.25, 0.3) is 0 Å². The van der Waals surface area contributed by atoms with Gasteiger partial charge in [-0.05, 0) is 102 Å². The highest BCUT2D eigenvalue weighted by Gasteiger charge is 2.68. The van der Waals surface area contributed by atoms with Crippen molar-refractivity contribution in [2.24, 2.45) is 52.6 Å². The predicted molar refractivity (Wildman–Crippen MR) is 224 cm³/mol. The van der Waals surface area contributed by atoms with Crippen LogP contribution >= 0.6 is 21.6 Å². The van der Waals surface area contributed by atoms with E-state index in [0.717, 1.165) is 69.5 Å². The molecule has 0 aromatic heterocycles. The van der Waals surface area contributed by atoms with Gasteiger partial charge in [-0.2, -0.15) is 0 Å². The van der Waals surface area contributed by atoms with E-state index in [4.69, 9.17) is 19.9 Å². The number of carbonyl (C=O) groups excluding carboxylic acids is 3. The summed E-state index contributed by atoms with van der Waals surface area (Å²) in [5.74, 6) is 2.17. The highest BCUT2D eigenvalue weighted by Crippen LogP contribution is 2.63. The zero-order valence-electron chi connectivity index (χ0n) is 34.7. The fourth-order valence-electron chi connectivity index (χ4n) is 13.1. The van der Waals surface area contributed by atoms with Crippen molar-refractivity contribution in [1.82, 2.24) is 15.5 Å². The molecule has 1 amide bonds. The van der Waals surface area contributed by atoms with Crippen LogP contribution in [0.4, 0.5) is 0 Å². The van der Waals surface area contributed by atoms with Crippen molar-refractivity contribution in [1.29, 1.82) is 0 Å². The fraction of sp³-hybridized carbons (Fsp3) is 0.841. The summed E-state index contributed by atoms with van der Waals surface area (Å²) in [6.45, 7) is 8.21. The number of nitrogens with two attached hydrogens (primary N) is 1. The molecule has 5 saturated heterocycles. The van der Waals surface area contributed by atoms with Crippen molar-refractivity contribution in [2.75, 3.05) is 44.8 Å². The number of fused-ring (bicyclic) bond motifs is 7. The molecule has 5 heterocycles. The van der Waals surface area contributed by atoms with E-state index < -0.39 is 11.2 Å². The van der Waals surface area contributed by atoms with Crippen molar-refractivity contribution in [2.45, 2.75) is 140 Å². The molecule has 0 aromatic carbocycles. The Morgan fingerprint density at radius 2 is 1.93 bits per heavy atom. The van der Waals surface area contributed by atoms with Gasteiger partial charge in [0.1, 0.15) is 17.3 Å². The van der Waals surface area contributed by atoms with Crippen LogP contribution in [0, 0.1) is 46.8 Å². The van der Waals surface area contributed by atoms with E-state index in [-0.39, 0.29) is 89.8 Å². The van der Waals surface area contributed by atoms with E-state index in [1.165, 1.54) is 12.0 Å². The SMILES string of the molecule is CC=C(C)C(=O)O[C@@]1(C)CC=C2CSSC[C@H]3[C@@H](CNC)CN3C(=O)CC3CNC(N)CC3[C@H]2[C@@]12CC1CC3CC(C4(CCO)CCCCC4)C(=O)OC3CC1O2. The Kier molecular flexibility index (Phi) is 12.6. The average molecular weight is 829 g/mol. The summed E-state index contributed by atoms with van der Waals surface area (Å²) in [6, 6.07) is 0.231. The van der Waals surface area contributed by atoms with Crippen molar-refractivity contribution in [3.63, 3.8) is 0 Å². The molecule has 0 radical (unpaired) electrons. The summed E-state index contributed by atoms with van der Waals surface area (Å²) in [6.07, 6.45) is 14.3. The van der Waals surface area contributed by atoms with Crippen LogP contribution in [0.2, 0.25) is 0 Å². The Balaban J connectivity index is 1.15. The van der Waals surface area contributed by atoms with E-state index in [1.807, 2.05) is 48.6 Å². The first-order valence-electron chi connectivity index (χ1n) is 22.2. The van der Waals surface area contributed by atoms with Crippen LogP contribution in [-0.2, 0) is 28.6 Å². The third-order valence-electron chi connectivity index (χ3n) is 16.3. The number of allylic oxidation sites excluding steroid dienone is 1. The van der Waals surface area contributed by atoms with Crippen molar-refractivity contribution >= 4 is 39.4 Å². The van der Waals surface area contributed by atoms with Gasteiger partial charge < -0.3 is 40.6 Å². The number of hydrogen-bond acceptors (Lipinski definition) is 12. The van der Waals surface area contributed by atoms with E-state index in [9.17, 15) is 19.5 Å². The highest BCUT2D eigenvalue weighted by atomic mass is 33.1. The van der Waals surface area contributed by atoms with Crippen LogP contribution in [0.3, 0.4) is 0 Å². The number of nitrogens with zero attached hydrogens (tertiary/aromatic N) is 1. The van der Waals surface area contributed by atoms with Crippen LogP contribution < -0.4 is 16.4 Å². The molecule has 13 atom stereocenters. The third kappa shape index (κ3) is 7.68. The molecule has 3 aliphatic carbocycles. The van der Waals surface area contributed by atoms with Gasteiger partial charge in [0.15, 0.2) is 0 Å². The summed E-state index contributed by atoms with van der Waals surface area (Å²) < 4.78 is 20.9. The molecule has 7 fully saturated rings. The number of hydrogen-bond donors (Lipinski definition) is 4. The molecule has 11 nitrogen and oxygen atoms in total. The van der Waals surface area contributed by atoms with Crippen molar-refractivity contribution in [3.8, 4) is 0 Å². The lowest BCUT2D eigenvalue weighted by Gasteiger charge is -2.57. The molecule has 5 aliphatic heterocycles. The van der Waals surface area contributed by atoms with Crippen molar-refractivity contribution in [3.05, 3.63) is 23.3 Å². The van der Waals surface area contributed by atoms with Gasteiger partial charge in [-0.3, -0.25) is 9.59 Å². The van der Waals surface area contributed by atoms with Gasteiger partial charge in [-0.15, -0.1) is 0 Å². The number of aliphatic hydroxyl groups excluding tert-OH is 1. The average Bonchev–Trinajstić information content (AvgIpc) is 3.56. The maximum atomic E-state index is 14.3. The van der Waals surface area contributed by atoms with E-state index in [1.54, 1.807) is 0 Å². The number of piperidine rings is 1. The molecule has 8 rings (SSSR count). The van der Waals surface area contributed by atoms with Crippen LogP contribution in [0.1, 0.15) is 104 Å². The number of esters is 2. The fourth-order valence-corrected chi connectivity index (χ4v) is 15.6. The van der Waals surface area contributed by atoms with Crippen molar-refractivity contribution < 1.29 is 33.7 Å².